The van der Waals surface area contributed by atoms with E-state index in [-0.39, 0.29) is 17.7 Å². The van der Waals surface area contributed by atoms with Crippen molar-refractivity contribution in [3.05, 3.63) is 59.2 Å². The van der Waals surface area contributed by atoms with Gasteiger partial charge in [-0.15, -0.1) is 0 Å². The largest absolute Gasteiger partial charge is 0.496 e. The number of amides is 4. The second kappa shape index (κ2) is 11.7. The lowest BCUT2D eigenvalue weighted by Crippen LogP contribution is -2.50. The molecule has 10 nitrogen and oxygen atoms in total. The van der Waals surface area contributed by atoms with Gasteiger partial charge in [-0.25, -0.2) is 9.59 Å². The van der Waals surface area contributed by atoms with E-state index in [4.69, 9.17) is 21.3 Å². The van der Waals surface area contributed by atoms with Crippen molar-refractivity contribution >= 4 is 29.5 Å². The van der Waals surface area contributed by atoms with Crippen LogP contribution in [0.1, 0.15) is 47.8 Å². The molecule has 0 fully saturated rings. The predicted molar refractivity (Wildman–Crippen MR) is 126 cm³/mol. The molecule has 0 saturated heterocycles. The Labute approximate surface area is 197 Å². The molecular weight excluding hydrogens is 440 g/mol. The molecule has 0 heterocycles. The first-order valence-corrected chi connectivity index (χ1v) is 10.7. The Balaban J connectivity index is 2.23. The molecule has 0 saturated carbocycles. The number of primary amides is 1. The fourth-order valence-corrected chi connectivity index (χ4v) is 3.60. The van der Waals surface area contributed by atoms with Gasteiger partial charge in [0.25, 0.3) is 0 Å². The van der Waals surface area contributed by atoms with E-state index >= 15 is 0 Å². The van der Waals surface area contributed by atoms with Crippen LogP contribution in [0.2, 0.25) is 0 Å². The highest BCUT2D eigenvalue weighted by atomic mass is 16.5. The number of benzene rings is 2. The normalized spacial score (nSPS) is 12.3. The third-order valence-corrected chi connectivity index (χ3v) is 5.38. The molecule has 182 valence electrons. The maximum Gasteiger partial charge on any atom is 0.337 e. The van der Waals surface area contributed by atoms with Crippen LogP contribution in [0.15, 0.2) is 42.5 Å². The molecule has 2 atom stereocenters. The minimum absolute atomic E-state index is 0.0493. The number of carbonyl (C=O) groups excluding carboxylic acids is 3. The first-order valence-electron chi connectivity index (χ1n) is 10.7. The Morgan fingerprint density at radius 2 is 1.82 bits per heavy atom. The number of rotatable bonds is 10. The zero-order valence-electron chi connectivity index (χ0n) is 19.4. The van der Waals surface area contributed by atoms with Gasteiger partial charge in [0.1, 0.15) is 12.3 Å². The Kier molecular flexibility index (Phi) is 9.00. The smallest absolute Gasteiger partial charge is 0.337 e. The van der Waals surface area contributed by atoms with Crippen LogP contribution in [0.5, 0.6) is 5.75 Å². The van der Waals surface area contributed by atoms with Crippen LogP contribution < -0.4 is 21.5 Å². The second-order valence-electron chi connectivity index (χ2n) is 7.87. The molecule has 1 unspecified atom stereocenters. The van der Waals surface area contributed by atoms with Gasteiger partial charge in [-0.1, -0.05) is 38.1 Å². The van der Waals surface area contributed by atoms with Gasteiger partial charge in [0.15, 0.2) is 0 Å². The molecule has 2 aromatic carbocycles. The summed E-state index contributed by atoms with van der Waals surface area (Å²) in [7, 11) is 1.53. The van der Waals surface area contributed by atoms with Crippen LogP contribution in [0.25, 0.3) is 0 Å². The topological polar surface area (TPSA) is 165 Å². The van der Waals surface area contributed by atoms with Crippen LogP contribution >= 0.6 is 0 Å². The van der Waals surface area contributed by atoms with Gasteiger partial charge >= 0.3 is 12.0 Å². The SMILES string of the molecule is CC[C@@H](NC(=O)N(CC(N)=O)C(=O)C(C)Cc1ccccc1OC)c1ccc(C(=O)O)c(N)c1. The van der Waals surface area contributed by atoms with E-state index in [2.05, 4.69) is 5.32 Å². The van der Waals surface area contributed by atoms with Gasteiger partial charge < -0.3 is 26.6 Å². The van der Waals surface area contributed by atoms with Crippen molar-refractivity contribution in [2.24, 2.45) is 11.7 Å². The number of carbonyl (C=O) groups is 4. The van der Waals surface area contributed by atoms with Crippen molar-refractivity contribution in [3.63, 3.8) is 0 Å². The van der Waals surface area contributed by atoms with E-state index in [1.807, 2.05) is 18.2 Å². The molecule has 34 heavy (non-hydrogen) atoms. The van der Waals surface area contributed by atoms with E-state index in [1.54, 1.807) is 26.0 Å². The summed E-state index contributed by atoms with van der Waals surface area (Å²) >= 11 is 0. The maximum atomic E-state index is 13.1. The van der Waals surface area contributed by atoms with Crippen LogP contribution in [0, 0.1) is 5.92 Å². The number of hydrogen-bond donors (Lipinski definition) is 4. The van der Waals surface area contributed by atoms with E-state index in [9.17, 15) is 19.2 Å². The van der Waals surface area contributed by atoms with Gasteiger partial charge in [-0.2, -0.15) is 0 Å². The van der Waals surface area contributed by atoms with Gasteiger partial charge in [-0.3, -0.25) is 14.5 Å². The molecule has 0 bridgehead atoms. The highest BCUT2D eigenvalue weighted by Crippen LogP contribution is 2.24. The predicted octanol–water partition coefficient (Wildman–Crippen LogP) is 2.33. The van der Waals surface area contributed by atoms with Crippen LogP contribution in [0.4, 0.5) is 10.5 Å². The van der Waals surface area contributed by atoms with Gasteiger partial charge in [0, 0.05) is 11.6 Å². The lowest BCUT2D eigenvalue weighted by Gasteiger charge is -2.26. The number of imide groups is 1. The van der Waals surface area contributed by atoms with Crippen molar-refractivity contribution < 1.29 is 29.0 Å². The van der Waals surface area contributed by atoms with Crippen molar-refractivity contribution in [2.75, 3.05) is 19.4 Å². The molecule has 6 N–H and O–H groups in total. The average Bonchev–Trinajstić information content (AvgIpc) is 2.80. The number of nitrogens with one attached hydrogen (secondary N) is 1. The number of carboxylic acids is 1. The van der Waals surface area contributed by atoms with E-state index in [0.717, 1.165) is 10.5 Å². The number of carboxylic acid groups (broad SMARTS) is 1. The summed E-state index contributed by atoms with van der Waals surface area (Å²) in [4.78, 5) is 49.8. The van der Waals surface area contributed by atoms with Crippen LogP contribution in [-0.2, 0) is 16.0 Å². The lowest BCUT2D eigenvalue weighted by molar-refractivity contribution is -0.135. The Bertz CT molecular complexity index is 1070. The minimum Gasteiger partial charge on any atom is -0.496 e. The highest BCUT2D eigenvalue weighted by Gasteiger charge is 2.29. The third kappa shape index (κ3) is 6.47. The van der Waals surface area contributed by atoms with Gasteiger partial charge in [0.05, 0.1) is 18.7 Å². The fraction of sp³-hybridized carbons (Fsp3) is 0.333. The zero-order chi connectivity index (χ0) is 25.4. The van der Waals surface area contributed by atoms with Crippen molar-refractivity contribution in [1.29, 1.82) is 0 Å². The van der Waals surface area contributed by atoms with Crippen molar-refractivity contribution in [2.45, 2.75) is 32.7 Å². The maximum absolute atomic E-state index is 13.1. The number of nitrogen functional groups attached to an aromatic ring is 1. The summed E-state index contributed by atoms with van der Waals surface area (Å²) in [6.45, 7) is 2.87. The molecule has 0 radical (unpaired) electrons. The summed E-state index contributed by atoms with van der Waals surface area (Å²) < 4.78 is 5.32. The first-order chi connectivity index (χ1) is 16.1. The lowest BCUT2D eigenvalue weighted by atomic mass is 9.98. The van der Waals surface area contributed by atoms with Crippen LogP contribution in [0.3, 0.4) is 0 Å². The zero-order valence-corrected chi connectivity index (χ0v) is 19.4. The van der Waals surface area contributed by atoms with E-state index in [0.29, 0.717) is 17.7 Å². The monoisotopic (exact) mass is 470 g/mol. The minimum atomic E-state index is -1.16. The average molecular weight is 471 g/mol. The van der Waals surface area contributed by atoms with Gasteiger partial charge in [0.2, 0.25) is 11.8 Å². The molecule has 2 rings (SSSR count). The molecular formula is C24H30N4O6. The number of urea groups is 1. The number of nitrogens with zero attached hydrogens (tertiary/aromatic N) is 1. The van der Waals surface area contributed by atoms with E-state index < -0.39 is 42.3 Å². The quantitative estimate of drug-likeness (QED) is 0.387. The molecule has 0 aliphatic rings. The highest BCUT2D eigenvalue weighted by molar-refractivity contribution is 5.99. The summed E-state index contributed by atoms with van der Waals surface area (Å²) in [5, 5.41) is 11.9. The number of para-hydroxylation sites is 1. The molecule has 10 heteroatoms. The first kappa shape index (κ1) is 26.2. The molecule has 2 aromatic rings. The molecule has 0 aromatic heterocycles. The van der Waals surface area contributed by atoms with Gasteiger partial charge in [-0.05, 0) is 42.2 Å². The summed E-state index contributed by atoms with van der Waals surface area (Å²) in [6, 6.07) is 10.2. The number of ether oxygens (including phenoxy) is 1. The third-order valence-electron chi connectivity index (χ3n) is 5.38. The Morgan fingerprint density at radius 1 is 1.15 bits per heavy atom. The fourth-order valence-electron chi connectivity index (χ4n) is 3.60. The van der Waals surface area contributed by atoms with Crippen molar-refractivity contribution in [1.82, 2.24) is 10.2 Å². The number of methoxy groups -OCH3 is 1. The summed E-state index contributed by atoms with van der Waals surface area (Å²) in [5.41, 5.74) is 12.5. The van der Waals surface area contributed by atoms with Crippen LogP contribution in [-0.4, -0.2) is 47.5 Å². The number of anilines is 1. The van der Waals surface area contributed by atoms with E-state index in [1.165, 1.54) is 19.2 Å². The molecule has 4 amide bonds. The Morgan fingerprint density at radius 3 is 2.38 bits per heavy atom. The van der Waals surface area contributed by atoms with Crippen molar-refractivity contribution in [3.8, 4) is 5.75 Å². The molecule has 0 aliphatic heterocycles. The summed E-state index contributed by atoms with van der Waals surface area (Å²) in [6.07, 6.45) is 0.711. The number of aromatic carboxylic acids is 1. The summed E-state index contributed by atoms with van der Waals surface area (Å²) in [5.74, 6) is -2.61. The Hall–Kier alpha value is -4.08. The number of hydrogen-bond acceptors (Lipinski definition) is 6. The molecule has 0 aliphatic carbocycles. The molecule has 0 spiro atoms. The standard InChI is InChI=1S/C24H30N4O6/c1-4-19(15-9-10-17(23(31)32)18(25)12-15)27-24(33)28(13-21(26)29)22(30)14(2)11-16-7-5-6-8-20(16)34-3/h5-10,12,14,19H,4,11,13,25H2,1-3H3,(H2,26,29)(H,27,33)(H,31,32)/t14?,19-/m1/s1. The number of nitrogens with two attached hydrogens (primary N) is 2. The second-order valence-corrected chi connectivity index (χ2v) is 7.87.